The van der Waals surface area contributed by atoms with E-state index in [0.717, 1.165) is 0 Å². The molecule has 0 aromatic carbocycles. The number of aliphatic carboxylic acids is 1. The molecule has 0 aliphatic rings. The highest BCUT2D eigenvalue weighted by molar-refractivity contribution is 5.77. The van der Waals surface area contributed by atoms with Crippen LogP contribution in [0.3, 0.4) is 0 Å². The molecule has 0 spiro atoms. The third-order valence-corrected chi connectivity index (χ3v) is 1.66. The van der Waals surface area contributed by atoms with Crippen molar-refractivity contribution >= 4 is 12.0 Å². The molecule has 0 fully saturated rings. The second-order valence-electron chi connectivity index (χ2n) is 2.84. The number of carbonyl (C=O) groups is 2. The summed E-state index contributed by atoms with van der Waals surface area (Å²) in [5.41, 5.74) is 0. The van der Waals surface area contributed by atoms with Gasteiger partial charge in [0.2, 0.25) is 0 Å². The normalized spacial score (nSPS) is 13.4. The number of nitrogens with one attached hydrogen (secondary N) is 2. The summed E-state index contributed by atoms with van der Waals surface area (Å²) >= 11 is 0. The van der Waals surface area contributed by atoms with Crippen molar-refractivity contribution in [3.8, 4) is 12.3 Å². The number of carboxylic acids is 1. The number of carbonyl (C=O) groups excluding carboxylic acids is 1. The summed E-state index contributed by atoms with van der Waals surface area (Å²) in [6.45, 7) is 1.44. The molecule has 0 bridgehead atoms. The summed E-state index contributed by atoms with van der Waals surface area (Å²) in [7, 11) is 0. The molecule has 0 saturated carbocycles. The summed E-state index contributed by atoms with van der Waals surface area (Å²) in [5, 5.41) is 21.8. The molecule has 2 amide bonds. The molecule has 4 N–H and O–H groups in total. The van der Waals surface area contributed by atoms with Gasteiger partial charge >= 0.3 is 12.0 Å². The van der Waals surface area contributed by atoms with Gasteiger partial charge in [-0.1, -0.05) is 12.8 Å². The summed E-state index contributed by atoms with van der Waals surface area (Å²) in [6, 6.07) is -0.993. The van der Waals surface area contributed by atoms with Crippen LogP contribution in [-0.2, 0) is 4.79 Å². The van der Waals surface area contributed by atoms with Gasteiger partial charge < -0.3 is 20.8 Å². The molecule has 0 rings (SSSR count). The maximum atomic E-state index is 11.1. The molecule has 0 aromatic rings. The topological polar surface area (TPSA) is 98.7 Å². The molecule has 0 radical (unpaired) electrons. The molecular weight excluding hydrogens is 200 g/mol. The minimum absolute atomic E-state index is 0.359. The molecule has 0 aliphatic heterocycles. The van der Waals surface area contributed by atoms with Crippen LogP contribution in [0.4, 0.5) is 4.79 Å². The highest BCUT2D eigenvalue weighted by atomic mass is 16.4. The second-order valence-corrected chi connectivity index (χ2v) is 2.84. The molecule has 0 heterocycles. The number of carboxylic acid groups (broad SMARTS) is 1. The zero-order valence-corrected chi connectivity index (χ0v) is 8.36. The number of hydrogen-bond donors (Lipinski definition) is 4. The lowest BCUT2D eigenvalue weighted by atomic mass is 10.2. The van der Waals surface area contributed by atoms with Crippen LogP contribution in [0, 0.1) is 12.3 Å². The molecule has 6 heteroatoms. The summed E-state index contributed by atoms with van der Waals surface area (Å²) in [4.78, 5) is 21.3. The molecule has 0 aliphatic carbocycles. The van der Waals surface area contributed by atoms with Crippen LogP contribution in [0.25, 0.3) is 0 Å². The number of urea groups is 1. The zero-order valence-electron chi connectivity index (χ0n) is 8.36. The smallest absolute Gasteiger partial charge is 0.334 e. The Hall–Kier alpha value is -1.74. The van der Waals surface area contributed by atoms with E-state index in [4.69, 9.17) is 16.6 Å². The highest BCUT2D eigenvalue weighted by Crippen LogP contribution is 1.87. The fourth-order valence-corrected chi connectivity index (χ4v) is 0.748. The fourth-order valence-electron chi connectivity index (χ4n) is 0.748. The lowest BCUT2D eigenvalue weighted by Crippen LogP contribution is -2.45. The van der Waals surface area contributed by atoms with Gasteiger partial charge in [-0.25, -0.2) is 9.59 Å². The molecule has 0 aromatic heterocycles. The Morgan fingerprint density at radius 1 is 1.53 bits per heavy atom. The van der Waals surface area contributed by atoms with Gasteiger partial charge in [-0.3, -0.25) is 0 Å². The maximum Gasteiger partial charge on any atom is 0.334 e. The monoisotopic (exact) mass is 214 g/mol. The van der Waals surface area contributed by atoms with E-state index in [2.05, 4.69) is 16.6 Å². The lowest BCUT2D eigenvalue weighted by Gasteiger charge is -2.12. The molecule has 0 saturated heterocycles. The van der Waals surface area contributed by atoms with E-state index in [1.807, 2.05) is 0 Å². The number of amides is 2. The zero-order chi connectivity index (χ0) is 11.8. The van der Waals surface area contributed by atoms with Gasteiger partial charge in [0.1, 0.15) is 0 Å². The third kappa shape index (κ3) is 5.54. The van der Waals surface area contributed by atoms with E-state index in [1.54, 1.807) is 6.92 Å². The van der Waals surface area contributed by atoms with E-state index in [1.165, 1.54) is 0 Å². The molecule has 6 nitrogen and oxygen atoms in total. The predicted molar refractivity (Wildman–Crippen MR) is 53.1 cm³/mol. The third-order valence-electron chi connectivity index (χ3n) is 1.66. The van der Waals surface area contributed by atoms with Crippen LogP contribution in [0.5, 0.6) is 0 Å². The highest BCUT2D eigenvalue weighted by Gasteiger charge is 2.14. The molecule has 84 valence electrons. The Morgan fingerprint density at radius 2 is 2.13 bits per heavy atom. The average molecular weight is 214 g/mol. The van der Waals surface area contributed by atoms with Crippen LogP contribution in [-0.4, -0.2) is 40.9 Å². The van der Waals surface area contributed by atoms with Gasteiger partial charge in [0.05, 0.1) is 12.6 Å². The SMILES string of the molecule is C#CC(CC)NC(=O)NC[C@H](O)C(=O)O. The Balaban J connectivity index is 3.85. The fraction of sp³-hybridized carbons (Fsp3) is 0.556. The Morgan fingerprint density at radius 3 is 2.53 bits per heavy atom. The van der Waals surface area contributed by atoms with Crippen LogP contribution in [0.1, 0.15) is 13.3 Å². The number of aliphatic hydroxyl groups excluding tert-OH is 1. The first-order valence-electron chi connectivity index (χ1n) is 4.42. The maximum absolute atomic E-state index is 11.1. The number of hydrogen-bond acceptors (Lipinski definition) is 3. The van der Waals surface area contributed by atoms with Gasteiger partial charge in [0, 0.05) is 0 Å². The first-order chi connectivity index (χ1) is 7.01. The minimum Gasteiger partial charge on any atom is -0.479 e. The van der Waals surface area contributed by atoms with Crippen LogP contribution < -0.4 is 10.6 Å². The van der Waals surface area contributed by atoms with E-state index in [0.29, 0.717) is 6.42 Å². The first kappa shape index (κ1) is 13.3. The average Bonchev–Trinajstić information content (AvgIpc) is 2.22. The number of rotatable bonds is 5. The van der Waals surface area contributed by atoms with Gasteiger partial charge in [0.25, 0.3) is 0 Å². The Bertz CT molecular complexity index is 272. The lowest BCUT2D eigenvalue weighted by molar-refractivity contribution is -0.146. The van der Waals surface area contributed by atoms with Crippen LogP contribution >= 0.6 is 0 Å². The molecule has 1 unspecified atom stereocenters. The van der Waals surface area contributed by atoms with Crippen molar-refractivity contribution in [2.45, 2.75) is 25.5 Å². The van der Waals surface area contributed by atoms with Crippen molar-refractivity contribution in [3.05, 3.63) is 0 Å². The quantitative estimate of drug-likeness (QED) is 0.448. The largest absolute Gasteiger partial charge is 0.479 e. The van der Waals surface area contributed by atoms with Crippen LogP contribution in [0.2, 0.25) is 0 Å². The van der Waals surface area contributed by atoms with Crippen molar-refractivity contribution in [3.63, 3.8) is 0 Å². The standard InChI is InChI=1S/C9H14N2O4/c1-3-6(4-2)11-9(15)10-5-7(12)8(13)14/h1,6-7,12H,4-5H2,2H3,(H,13,14)(H2,10,11,15)/t6?,7-/m0/s1. The first-order valence-corrected chi connectivity index (χ1v) is 4.42. The van der Waals surface area contributed by atoms with Crippen molar-refractivity contribution in [1.82, 2.24) is 10.6 Å². The van der Waals surface area contributed by atoms with Crippen molar-refractivity contribution in [2.24, 2.45) is 0 Å². The molecular formula is C9H14N2O4. The minimum atomic E-state index is -1.61. The van der Waals surface area contributed by atoms with Gasteiger partial charge in [-0.2, -0.15) is 0 Å². The number of terminal acetylenes is 1. The van der Waals surface area contributed by atoms with Gasteiger partial charge in [-0.05, 0) is 6.42 Å². The Labute approximate surface area is 87.7 Å². The van der Waals surface area contributed by atoms with Crippen LogP contribution in [0.15, 0.2) is 0 Å². The van der Waals surface area contributed by atoms with Crippen molar-refractivity contribution in [1.29, 1.82) is 0 Å². The predicted octanol–water partition coefficient (Wildman–Crippen LogP) is -0.857. The Kier molecular flexibility index (Phi) is 5.90. The van der Waals surface area contributed by atoms with Gasteiger partial charge in [-0.15, -0.1) is 6.42 Å². The summed E-state index contributed by atoms with van der Waals surface area (Å²) < 4.78 is 0. The molecule has 2 atom stereocenters. The summed E-state index contributed by atoms with van der Waals surface area (Å²) in [6.07, 6.45) is 4.06. The second kappa shape index (κ2) is 6.68. The van der Waals surface area contributed by atoms with Crippen molar-refractivity contribution < 1.29 is 19.8 Å². The summed E-state index contributed by atoms with van der Waals surface area (Å²) in [5.74, 6) is 0.953. The van der Waals surface area contributed by atoms with Crippen molar-refractivity contribution in [2.75, 3.05) is 6.54 Å². The van der Waals surface area contributed by atoms with Gasteiger partial charge in [0.15, 0.2) is 6.10 Å². The van der Waals surface area contributed by atoms with E-state index in [-0.39, 0.29) is 6.54 Å². The number of aliphatic hydroxyl groups is 1. The van der Waals surface area contributed by atoms with E-state index < -0.39 is 24.1 Å². The van der Waals surface area contributed by atoms with E-state index >= 15 is 0 Å². The van der Waals surface area contributed by atoms with E-state index in [9.17, 15) is 9.59 Å². The molecule has 15 heavy (non-hydrogen) atoms.